The summed E-state index contributed by atoms with van der Waals surface area (Å²) < 4.78 is 11.1. The molecule has 1 aromatic carbocycles. The molecule has 1 N–H and O–H groups in total. The number of urea groups is 1. The average molecular weight is 347 g/mol. The number of rotatable bonds is 6. The summed E-state index contributed by atoms with van der Waals surface area (Å²) in [6, 6.07) is 8.09. The summed E-state index contributed by atoms with van der Waals surface area (Å²) in [4.78, 5) is 17.0. The van der Waals surface area contributed by atoms with E-state index in [2.05, 4.69) is 17.1 Å². The fraction of sp³-hybridized carbons (Fsp3) is 0.632. The van der Waals surface area contributed by atoms with Crippen molar-refractivity contribution < 1.29 is 14.3 Å². The van der Waals surface area contributed by atoms with Crippen LogP contribution < -0.4 is 14.8 Å². The summed E-state index contributed by atoms with van der Waals surface area (Å²) in [6.07, 6.45) is 2.19. The number of carbonyl (C=O) groups is 1. The number of ether oxygens (including phenoxy) is 2. The molecule has 3 aliphatic heterocycles. The summed E-state index contributed by atoms with van der Waals surface area (Å²) in [5.74, 6) is 1.69. The van der Waals surface area contributed by atoms with E-state index in [9.17, 15) is 4.79 Å². The maximum Gasteiger partial charge on any atom is 0.317 e. The Labute approximate surface area is 150 Å². The number of methoxy groups -OCH3 is 1. The highest BCUT2D eigenvalue weighted by molar-refractivity contribution is 5.74. The molecule has 0 saturated carbocycles. The van der Waals surface area contributed by atoms with Gasteiger partial charge in [-0.15, -0.1) is 0 Å². The smallest absolute Gasteiger partial charge is 0.317 e. The standard InChI is InChI=1S/C19H29N3O3/c1-15(14-25-18-6-4-3-5-17(18)24-2)13-20-19(23)22-12-11-21-9-7-16(22)8-10-21/h3-6,15-16H,7-14H2,1-2H3,(H,20,23)/t15-/m0/s1. The van der Waals surface area contributed by atoms with E-state index in [-0.39, 0.29) is 11.9 Å². The zero-order valence-corrected chi connectivity index (χ0v) is 15.2. The van der Waals surface area contributed by atoms with Gasteiger partial charge in [0.25, 0.3) is 0 Å². The molecule has 3 aliphatic rings. The molecule has 3 heterocycles. The first kappa shape index (κ1) is 17.9. The molecule has 0 spiro atoms. The van der Waals surface area contributed by atoms with Crippen LogP contribution >= 0.6 is 0 Å². The fourth-order valence-electron chi connectivity index (χ4n) is 3.55. The number of benzene rings is 1. The van der Waals surface area contributed by atoms with Crippen LogP contribution in [0.4, 0.5) is 4.79 Å². The number of amides is 2. The Morgan fingerprint density at radius 1 is 1.20 bits per heavy atom. The van der Waals surface area contributed by atoms with Gasteiger partial charge >= 0.3 is 6.03 Å². The lowest BCUT2D eigenvalue weighted by Gasteiger charge is -2.31. The van der Waals surface area contributed by atoms with E-state index in [1.165, 1.54) is 0 Å². The molecule has 0 aliphatic carbocycles. The van der Waals surface area contributed by atoms with Crippen LogP contribution in [0.5, 0.6) is 11.5 Å². The number of para-hydroxylation sites is 2. The molecular weight excluding hydrogens is 318 g/mol. The molecule has 0 radical (unpaired) electrons. The van der Waals surface area contributed by atoms with Gasteiger partial charge in [0, 0.05) is 44.7 Å². The van der Waals surface area contributed by atoms with Crippen molar-refractivity contribution in [2.75, 3.05) is 46.4 Å². The third-order valence-electron chi connectivity index (χ3n) is 5.11. The van der Waals surface area contributed by atoms with Gasteiger partial charge in [-0.3, -0.25) is 0 Å². The predicted molar refractivity (Wildman–Crippen MR) is 97.2 cm³/mol. The molecule has 4 rings (SSSR count). The van der Waals surface area contributed by atoms with Gasteiger partial charge in [0.2, 0.25) is 0 Å². The molecule has 2 amide bonds. The second-order valence-corrected chi connectivity index (χ2v) is 7.02. The van der Waals surface area contributed by atoms with Crippen LogP contribution in [0.2, 0.25) is 0 Å². The topological polar surface area (TPSA) is 54.0 Å². The summed E-state index contributed by atoms with van der Waals surface area (Å²) in [6.45, 7) is 7.31. The van der Waals surface area contributed by atoms with Crippen LogP contribution in [-0.4, -0.2) is 68.3 Å². The Hall–Kier alpha value is -1.95. The summed E-state index contributed by atoms with van der Waals surface area (Å²) in [5.41, 5.74) is 0. The van der Waals surface area contributed by atoms with Gasteiger partial charge < -0.3 is 24.6 Å². The number of nitrogens with zero attached hydrogens (tertiary/aromatic N) is 2. The SMILES string of the molecule is COc1ccccc1OC[C@@H](C)CNC(=O)N1CCN2CCC1CC2. The first-order valence-electron chi connectivity index (χ1n) is 9.20. The molecule has 2 bridgehead atoms. The summed E-state index contributed by atoms with van der Waals surface area (Å²) >= 11 is 0. The first-order valence-corrected chi connectivity index (χ1v) is 9.20. The average Bonchev–Trinajstić information content (AvgIpc) is 2.98. The second-order valence-electron chi connectivity index (χ2n) is 7.02. The van der Waals surface area contributed by atoms with Gasteiger partial charge in [-0.05, 0) is 25.0 Å². The highest BCUT2D eigenvalue weighted by atomic mass is 16.5. The zero-order chi connectivity index (χ0) is 17.6. The molecule has 0 unspecified atom stereocenters. The van der Waals surface area contributed by atoms with E-state index in [1.807, 2.05) is 29.2 Å². The van der Waals surface area contributed by atoms with Gasteiger partial charge in [-0.1, -0.05) is 19.1 Å². The lowest BCUT2D eigenvalue weighted by atomic mass is 10.1. The van der Waals surface area contributed by atoms with Crippen LogP contribution in [0.25, 0.3) is 0 Å². The molecule has 138 valence electrons. The molecule has 3 saturated heterocycles. The number of fused-ring (bicyclic) bond motifs is 4. The van der Waals surface area contributed by atoms with Crippen molar-refractivity contribution in [3.05, 3.63) is 24.3 Å². The third kappa shape index (κ3) is 4.57. The van der Waals surface area contributed by atoms with Crippen molar-refractivity contribution in [3.8, 4) is 11.5 Å². The Bertz CT molecular complexity index is 573. The molecule has 3 fully saturated rings. The molecule has 25 heavy (non-hydrogen) atoms. The van der Waals surface area contributed by atoms with E-state index < -0.39 is 0 Å². The van der Waals surface area contributed by atoms with E-state index >= 15 is 0 Å². The number of piperidine rings is 1. The van der Waals surface area contributed by atoms with E-state index in [4.69, 9.17) is 9.47 Å². The van der Waals surface area contributed by atoms with E-state index in [0.29, 0.717) is 19.2 Å². The monoisotopic (exact) mass is 347 g/mol. The van der Waals surface area contributed by atoms with E-state index in [1.54, 1.807) is 7.11 Å². The number of hydrogen-bond acceptors (Lipinski definition) is 4. The largest absolute Gasteiger partial charge is 0.493 e. The van der Waals surface area contributed by atoms with Crippen LogP contribution in [0.1, 0.15) is 19.8 Å². The summed E-state index contributed by atoms with van der Waals surface area (Å²) in [7, 11) is 1.64. The van der Waals surface area contributed by atoms with Crippen molar-refractivity contribution in [1.82, 2.24) is 15.1 Å². The maximum absolute atomic E-state index is 12.6. The number of nitrogens with one attached hydrogen (secondary N) is 1. The van der Waals surface area contributed by atoms with E-state index in [0.717, 1.165) is 50.5 Å². The maximum atomic E-state index is 12.6. The minimum Gasteiger partial charge on any atom is -0.493 e. The van der Waals surface area contributed by atoms with Gasteiger partial charge in [0.1, 0.15) is 0 Å². The van der Waals surface area contributed by atoms with Gasteiger partial charge in [-0.25, -0.2) is 4.79 Å². The molecule has 0 aromatic heterocycles. The van der Waals surface area contributed by atoms with Crippen molar-refractivity contribution in [2.45, 2.75) is 25.8 Å². The Morgan fingerprint density at radius 3 is 2.64 bits per heavy atom. The van der Waals surface area contributed by atoms with Crippen LogP contribution in [0.3, 0.4) is 0 Å². The normalized spacial score (nSPS) is 23.7. The fourth-order valence-corrected chi connectivity index (χ4v) is 3.55. The zero-order valence-electron chi connectivity index (χ0n) is 15.2. The van der Waals surface area contributed by atoms with Crippen molar-refractivity contribution >= 4 is 6.03 Å². The van der Waals surface area contributed by atoms with Crippen molar-refractivity contribution in [1.29, 1.82) is 0 Å². The molecule has 6 nitrogen and oxygen atoms in total. The Kier molecular flexibility index (Phi) is 6.02. The lowest BCUT2D eigenvalue weighted by molar-refractivity contribution is 0.167. The van der Waals surface area contributed by atoms with Gasteiger partial charge in [-0.2, -0.15) is 0 Å². The molecule has 6 heteroatoms. The highest BCUT2D eigenvalue weighted by Gasteiger charge is 2.31. The highest BCUT2D eigenvalue weighted by Crippen LogP contribution is 2.26. The lowest BCUT2D eigenvalue weighted by Crippen LogP contribution is -2.48. The van der Waals surface area contributed by atoms with Crippen LogP contribution in [0, 0.1) is 5.92 Å². The van der Waals surface area contributed by atoms with Crippen molar-refractivity contribution in [3.63, 3.8) is 0 Å². The van der Waals surface area contributed by atoms with Crippen LogP contribution in [0.15, 0.2) is 24.3 Å². The quantitative estimate of drug-likeness (QED) is 0.857. The van der Waals surface area contributed by atoms with Crippen LogP contribution in [-0.2, 0) is 0 Å². The molecular formula is C19H29N3O3. The number of carbonyl (C=O) groups excluding carboxylic acids is 1. The number of hydrogen-bond donors (Lipinski definition) is 1. The Morgan fingerprint density at radius 2 is 1.92 bits per heavy atom. The predicted octanol–water partition coefficient (Wildman–Crippen LogP) is 2.20. The third-order valence-corrected chi connectivity index (χ3v) is 5.11. The minimum atomic E-state index is 0.0675. The van der Waals surface area contributed by atoms with Gasteiger partial charge in [0.05, 0.1) is 13.7 Å². The Balaban J connectivity index is 1.44. The molecule has 1 aromatic rings. The van der Waals surface area contributed by atoms with Gasteiger partial charge in [0.15, 0.2) is 11.5 Å². The van der Waals surface area contributed by atoms with Crippen molar-refractivity contribution in [2.24, 2.45) is 5.92 Å². The first-order chi connectivity index (χ1) is 12.2. The molecule has 1 atom stereocenters. The minimum absolute atomic E-state index is 0.0675. The second kappa shape index (κ2) is 8.43. The summed E-state index contributed by atoms with van der Waals surface area (Å²) in [5, 5.41) is 3.08.